The molecule has 1 aliphatic heterocycles. The third-order valence-electron chi connectivity index (χ3n) is 4.12. The van der Waals surface area contributed by atoms with E-state index in [9.17, 15) is 13.2 Å². The van der Waals surface area contributed by atoms with Gasteiger partial charge in [0.05, 0.1) is 23.3 Å². The molecule has 2 aromatic carbocycles. The Labute approximate surface area is 136 Å². The smallest absolute Gasteiger partial charge is 0.268 e. The van der Waals surface area contributed by atoms with Gasteiger partial charge >= 0.3 is 6.18 Å². The number of hydrogen-bond donors (Lipinski definition) is 0. The highest BCUT2D eigenvalue weighted by Gasteiger charge is 2.31. The van der Waals surface area contributed by atoms with Crippen LogP contribution in [0.25, 0.3) is 10.9 Å². The molecule has 6 heteroatoms. The molecule has 0 bridgehead atoms. The molecule has 0 unspecified atom stereocenters. The van der Waals surface area contributed by atoms with Gasteiger partial charge in [0.15, 0.2) is 0 Å². The molecule has 0 atom stereocenters. The predicted octanol–water partition coefficient (Wildman–Crippen LogP) is 4.71. The normalized spacial score (nSPS) is 14.7. The number of alkyl halides is 3. The lowest BCUT2D eigenvalue weighted by Gasteiger charge is -2.30. The minimum Gasteiger partial charge on any atom is -0.268 e. The van der Waals surface area contributed by atoms with Crippen molar-refractivity contribution in [3.8, 4) is 0 Å². The SMILES string of the molecule is FC(F)(F)c1cccc(N2Cc3ccc4cccnc4c3CO2)c1. The number of anilines is 1. The summed E-state index contributed by atoms with van der Waals surface area (Å²) < 4.78 is 38.6. The number of pyridine rings is 1. The van der Waals surface area contributed by atoms with Crippen LogP contribution in [-0.2, 0) is 24.2 Å². The number of halogens is 3. The van der Waals surface area contributed by atoms with Gasteiger partial charge in [-0.25, -0.2) is 5.06 Å². The summed E-state index contributed by atoms with van der Waals surface area (Å²) in [6.07, 6.45) is -2.65. The molecule has 0 saturated carbocycles. The van der Waals surface area contributed by atoms with Crippen LogP contribution in [0.1, 0.15) is 16.7 Å². The Balaban J connectivity index is 1.69. The second-order valence-electron chi connectivity index (χ2n) is 5.64. The summed E-state index contributed by atoms with van der Waals surface area (Å²) >= 11 is 0. The molecule has 1 aromatic heterocycles. The molecule has 0 aliphatic carbocycles. The van der Waals surface area contributed by atoms with Gasteiger partial charge in [-0.2, -0.15) is 13.2 Å². The maximum Gasteiger partial charge on any atom is 0.416 e. The van der Waals surface area contributed by atoms with Crippen LogP contribution in [0.5, 0.6) is 0 Å². The molecular formula is C18H13F3N2O. The van der Waals surface area contributed by atoms with Crippen LogP contribution in [0.2, 0.25) is 0 Å². The van der Waals surface area contributed by atoms with Gasteiger partial charge in [0.1, 0.15) is 6.61 Å². The Hall–Kier alpha value is -2.60. The zero-order valence-electron chi connectivity index (χ0n) is 12.5. The van der Waals surface area contributed by atoms with Crippen LogP contribution in [0.3, 0.4) is 0 Å². The van der Waals surface area contributed by atoms with E-state index in [0.29, 0.717) is 12.2 Å². The van der Waals surface area contributed by atoms with Crippen LogP contribution >= 0.6 is 0 Å². The largest absolute Gasteiger partial charge is 0.416 e. The molecule has 0 radical (unpaired) electrons. The van der Waals surface area contributed by atoms with Gasteiger partial charge < -0.3 is 0 Å². The second kappa shape index (κ2) is 5.49. The topological polar surface area (TPSA) is 25.4 Å². The molecule has 0 N–H and O–H groups in total. The van der Waals surface area contributed by atoms with Crippen LogP contribution in [-0.4, -0.2) is 4.98 Å². The first-order valence-electron chi connectivity index (χ1n) is 7.45. The van der Waals surface area contributed by atoms with Crippen molar-refractivity contribution in [3.63, 3.8) is 0 Å². The average molecular weight is 330 g/mol. The third kappa shape index (κ3) is 2.59. The monoisotopic (exact) mass is 330 g/mol. The van der Waals surface area contributed by atoms with Crippen LogP contribution in [0, 0.1) is 0 Å². The second-order valence-corrected chi connectivity index (χ2v) is 5.64. The number of benzene rings is 2. The maximum atomic E-state index is 12.9. The first-order valence-corrected chi connectivity index (χ1v) is 7.45. The number of nitrogens with zero attached hydrogens (tertiary/aromatic N) is 2. The fourth-order valence-corrected chi connectivity index (χ4v) is 2.90. The van der Waals surface area contributed by atoms with Crippen molar-refractivity contribution in [1.82, 2.24) is 4.98 Å². The van der Waals surface area contributed by atoms with E-state index in [4.69, 9.17) is 4.84 Å². The fourth-order valence-electron chi connectivity index (χ4n) is 2.90. The zero-order valence-corrected chi connectivity index (χ0v) is 12.5. The first kappa shape index (κ1) is 15.0. The summed E-state index contributed by atoms with van der Waals surface area (Å²) in [4.78, 5) is 10.1. The first-order chi connectivity index (χ1) is 11.5. The van der Waals surface area contributed by atoms with Crippen molar-refractivity contribution in [1.29, 1.82) is 0 Å². The highest BCUT2D eigenvalue weighted by atomic mass is 19.4. The minimum absolute atomic E-state index is 0.278. The summed E-state index contributed by atoms with van der Waals surface area (Å²) in [5, 5.41) is 2.51. The standard InChI is InChI=1S/C18H13F3N2O/c19-18(20,21)14-4-1-5-15(9-14)23-10-13-7-6-12-3-2-8-22-17(12)16(13)11-24-23/h1-9H,10-11H2. The molecule has 0 saturated heterocycles. The van der Waals surface area contributed by atoms with Crippen LogP contribution in [0.4, 0.5) is 18.9 Å². The third-order valence-corrected chi connectivity index (χ3v) is 4.12. The van der Waals surface area contributed by atoms with Gasteiger partial charge in [-0.05, 0) is 29.8 Å². The summed E-state index contributed by atoms with van der Waals surface area (Å²) in [7, 11) is 0. The number of rotatable bonds is 1. The molecule has 3 nitrogen and oxygen atoms in total. The van der Waals surface area contributed by atoms with Crippen molar-refractivity contribution in [2.75, 3.05) is 5.06 Å². The summed E-state index contributed by atoms with van der Waals surface area (Å²) in [5.41, 5.74) is 2.56. The zero-order chi connectivity index (χ0) is 16.7. The van der Waals surface area contributed by atoms with E-state index >= 15 is 0 Å². The predicted molar refractivity (Wildman–Crippen MR) is 84.2 cm³/mol. The van der Waals surface area contributed by atoms with E-state index in [1.807, 2.05) is 24.3 Å². The molecule has 0 amide bonds. The molecule has 2 heterocycles. The van der Waals surface area contributed by atoms with E-state index in [2.05, 4.69) is 4.98 Å². The molecule has 4 rings (SSSR count). The number of hydrogen-bond acceptors (Lipinski definition) is 3. The Morgan fingerprint density at radius 3 is 2.75 bits per heavy atom. The van der Waals surface area contributed by atoms with Gasteiger partial charge in [0, 0.05) is 17.1 Å². The summed E-state index contributed by atoms with van der Waals surface area (Å²) in [6, 6.07) is 12.9. The minimum atomic E-state index is -4.37. The lowest BCUT2D eigenvalue weighted by atomic mass is 10.0. The van der Waals surface area contributed by atoms with E-state index < -0.39 is 11.7 Å². The van der Waals surface area contributed by atoms with Crippen LogP contribution < -0.4 is 5.06 Å². The lowest BCUT2D eigenvalue weighted by molar-refractivity contribution is -0.137. The number of aromatic nitrogens is 1. The molecule has 122 valence electrons. The quantitative estimate of drug-likeness (QED) is 0.646. The Kier molecular flexibility index (Phi) is 3.42. The molecule has 24 heavy (non-hydrogen) atoms. The van der Waals surface area contributed by atoms with Gasteiger partial charge in [0.25, 0.3) is 0 Å². The Bertz CT molecular complexity index is 908. The summed E-state index contributed by atoms with van der Waals surface area (Å²) in [6.45, 7) is 0.656. The molecule has 0 fully saturated rings. The lowest BCUT2D eigenvalue weighted by Crippen LogP contribution is -2.28. The van der Waals surface area contributed by atoms with E-state index in [1.165, 1.54) is 11.1 Å². The van der Waals surface area contributed by atoms with Gasteiger partial charge in [0.2, 0.25) is 0 Å². The van der Waals surface area contributed by atoms with Crippen molar-refractivity contribution in [2.24, 2.45) is 0 Å². The molecule has 3 aromatic rings. The number of hydroxylamine groups is 1. The molecule has 1 aliphatic rings. The molecular weight excluding hydrogens is 317 g/mol. The van der Waals surface area contributed by atoms with Gasteiger partial charge in [-0.15, -0.1) is 0 Å². The Morgan fingerprint density at radius 1 is 1.04 bits per heavy atom. The number of fused-ring (bicyclic) bond motifs is 3. The molecule has 0 spiro atoms. The van der Waals surface area contributed by atoms with Crippen molar-refractivity contribution >= 4 is 16.6 Å². The maximum absolute atomic E-state index is 12.9. The van der Waals surface area contributed by atoms with Crippen LogP contribution in [0.15, 0.2) is 54.7 Å². The van der Waals surface area contributed by atoms with E-state index in [1.54, 1.807) is 12.3 Å². The van der Waals surface area contributed by atoms with Gasteiger partial charge in [-0.3, -0.25) is 9.82 Å². The van der Waals surface area contributed by atoms with Crippen molar-refractivity contribution in [2.45, 2.75) is 19.3 Å². The highest BCUT2D eigenvalue weighted by Crippen LogP contribution is 2.34. The highest BCUT2D eigenvalue weighted by molar-refractivity contribution is 5.83. The fraction of sp³-hybridized carbons (Fsp3) is 0.167. The average Bonchev–Trinajstić information content (AvgIpc) is 2.60. The Morgan fingerprint density at radius 2 is 1.92 bits per heavy atom. The van der Waals surface area contributed by atoms with Crippen molar-refractivity contribution < 1.29 is 18.0 Å². The van der Waals surface area contributed by atoms with E-state index in [0.717, 1.165) is 34.2 Å². The van der Waals surface area contributed by atoms with Crippen molar-refractivity contribution in [3.05, 3.63) is 71.4 Å². The van der Waals surface area contributed by atoms with E-state index in [-0.39, 0.29) is 6.61 Å². The summed E-state index contributed by atoms with van der Waals surface area (Å²) in [5.74, 6) is 0. The van der Waals surface area contributed by atoms with Gasteiger partial charge in [-0.1, -0.05) is 24.3 Å².